The highest BCUT2D eigenvalue weighted by Gasteiger charge is 2.32. The predicted octanol–water partition coefficient (Wildman–Crippen LogP) is 3.63. The highest BCUT2D eigenvalue weighted by atomic mass is 19.4. The van der Waals surface area contributed by atoms with Gasteiger partial charge in [-0.25, -0.2) is 9.78 Å². The maximum Gasteiger partial charge on any atom is 0.433 e. The molecule has 0 unspecified atom stereocenters. The van der Waals surface area contributed by atoms with Crippen LogP contribution in [0.25, 0.3) is 11.5 Å². The molecular weight excluding hydrogens is 429 g/mol. The summed E-state index contributed by atoms with van der Waals surface area (Å²) in [4.78, 5) is 31.7. The van der Waals surface area contributed by atoms with Gasteiger partial charge in [-0.3, -0.25) is 4.98 Å². The molecule has 3 aromatic heterocycles. The Kier molecular flexibility index (Phi) is 6.66. The van der Waals surface area contributed by atoms with E-state index in [2.05, 4.69) is 40.9 Å². The summed E-state index contributed by atoms with van der Waals surface area (Å²) < 4.78 is 43.9. The second-order valence-electron chi connectivity index (χ2n) is 6.66. The lowest BCUT2D eigenvalue weighted by molar-refractivity contribution is -0.141. The van der Waals surface area contributed by atoms with E-state index in [1.54, 1.807) is 12.1 Å². The zero-order valence-electron chi connectivity index (χ0n) is 17.2. The number of halogens is 3. The van der Waals surface area contributed by atoms with Crippen LogP contribution in [0.15, 0.2) is 36.5 Å². The van der Waals surface area contributed by atoms with Crippen LogP contribution >= 0.6 is 0 Å². The lowest BCUT2D eigenvalue weighted by atomic mass is 10.3. The fourth-order valence-corrected chi connectivity index (χ4v) is 2.40. The van der Waals surface area contributed by atoms with Crippen LogP contribution in [0.3, 0.4) is 0 Å². The standard InChI is InChI=1S/C19H19F3N8O2/c1-10(2)25-16-28-15(12-5-4-6-14(27-12)32-18(31)23-3)29-17(30-16)26-11-7-8-24-13(9-11)19(20,21)22/h4-10H,1-3H3,(H,23,31)(H2,24,25,26,28,29,30). The summed E-state index contributed by atoms with van der Waals surface area (Å²) in [5.74, 6) is 0.283. The van der Waals surface area contributed by atoms with Crippen molar-refractivity contribution in [3.8, 4) is 17.4 Å². The van der Waals surface area contributed by atoms with Crippen LogP contribution in [-0.2, 0) is 6.18 Å². The molecule has 0 aromatic carbocycles. The van der Waals surface area contributed by atoms with Gasteiger partial charge in [0.2, 0.25) is 17.8 Å². The van der Waals surface area contributed by atoms with Gasteiger partial charge in [0, 0.05) is 31.0 Å². The summed E-state index contributed by atoms with van der Waals surface area (Å²) in [6.07, 6.45) is -4.27. The number of carbonyl (C=O) groups is 1. The van der Waals surface area contributed by atoms with Crippen molar-refractivity contribution >= 4 is 23.7 Å². The number of hydrogen-bond acceptors (Lipinski definition) is 9. The second kappa shape index (κ2) is 9.41. The number of alkyl halides is 3. The van der Waals surface area contributed by atoms with E-state index in [0.29, 0.717) is 0 Å². The average Bonchev–Trinajstić information content (AvgIpc) is 2.73. The van der Waals surface area contributed by atoms with E-state index >= 15 is 0 Å². The van der Waals surface area contributed by atoms with Gasteiger partial charge in [-0.05, 0) is 32.0 Å². The molecule has 32 heavy (non-hydrogen) atoms. The Morgan fingerprint density at radius 3 is 2.50 bits per heavy atom. The van der Waals surface area contributed by atoms with Gasteiger partial charge in [0.15, 0.2) is 5.82 Å². The zero-order chi connectivity index (χ0) is 23.3. The van der Waals surface area contributed by atoms with Gasteiger partial charge in [0.05, 0.1) is 0 Å². The van der Waals surface area contributed by atoms with E-state index in [1.165, 1.54) is 19.2 Å². The number of rotatable bonds is 6. The van der Waals surface area contributed by atoms with Crippen LogP contribution in [0.4, 0.5) is 35.5 Å². The maximum absolute atomic E-state index is 13.0. The highest BCUT2D eigenvalue weighted by molar-refractivity contribution is 5.69. The molecule has 10 nitrogen and oxygen atoms in total. The highest BCUT2D eigenvalue weighted by Crippen LogP contribution is 2.29. The van der Waals surface area contributed by atoms with Gasteiger partial charge in [-0.1, -0.05) is 6.07 Å². The number of anilines is 3. The molecule has 0 spiro atoms. The van der Waals surface area contributed by atoms with Gasteiger partial charge < -0.3 is 20.7 Å². The number of carbonyl (C=O) groups excluding carboxylic acids is 1. The number of amides is 1. The van der Waals surface area contributed by atoms with Gasteiger partial charge in [-0.15, -0.1) is 0 Å². The number of nitrogens with one attached hydrogen (secondary N) is 3. The Balaban J connectivity index is 1.97. The topological polar surface area (TPSA) is 127 Å². The summed E-state index contributed by atoms with van der Waals surface area (Å²) in [5, 5.41) is 8.05. The average molecular weight is 448 g/mol. The summed E-state index contributed by atoms with van der Waals surface area (Å²) in [6, 6.07) is 6.81. The van der Waals surface area contributed by atoms with Crippen LogP contribution in [-0.4, -0.2) is 44.1 Å². The van der Waals surface area contributed by atoms with Crippen LogP contribution < -0.4 is 20.7 Å². The van der Waals surface area contributed by atoms with Crippen LogP contribution in [0.2, 0.25) is 0 Å². The quantitative estimate of drug-likeness (QED) is 0.518. The number of hydrogen-bond donors (Lipinski definition) is 3. The molecule has 0 saturated heterocycles. The molecule has 3 N–H and O–H groups in total. The van der Waals surface area contributed by atoms with E-state index in [9.17, 15) is 18.0 Å². The summed E-state index contributed by atoms with van der Waals surface area (Å²) >= 11 is 0. The Labute approximate surface area is 180 Å². The largest absolute Gasteiger partial charge is 0.433 e. The summed E-state index contributed by atoms with van der Waals surface area (Å²) in [6.45, 7) is 3.73. The molecule has 0 saturated carbocycles. The molecule has 1 amide bonds. The van der Waals surface area contributed by atoms with Crippen molar-refractivity contribution in [3.05, 3.63) is 42.2 Å². The van der Waals surface area contributed by atoms with Crippen molar-refractivity contribution in [2.45, 2.75) is 26.1 Å². The molecule has 0 aliphatic carbocycles. The summed E-state index contributed by atoms with van der Waals surface area (Å²) in [5.41, 5.74) is -0.711. The fraction of sp³-hybridized carbons (Fsp3) is 0.263. The first-order chi connectivity index (χ1) is 15.1. The van der Waals surface area contributed by atoms with Gasteiger partial charge in [0.1, 0.15) is 11.4 Å². The van der Waals surface area contributed by atoms with E-state index in [-0.39, 0.29) is 41.0 Å². The third-order valence-corrected chi connectivity index (χ3v) is 3.71. The smallest absolute Gasteiger partial charge is 0.391 e. The van der Waals surface area contributed by atoms with Crippen LogP contribution in [0.1, 0.15) is 19.5 Å². The van der Waals surface area contributed by atoms with Gasteiger partial charge in [-0.2, -0.15) is 28.1 Å². The van der Waals surface area contributed by atoms with Crippen molar-refractivity contribution < 1.29 is 22.7 Å². The summed E-state index contributed by atoms with van der Waals surface area (Å²) in [7, 11) is 1.41. The van der Waals surface area contributed by atoms with Crippen molar-refractivity contribution in [1.82, 2.24) is 30.2 Å². The first kappa shape index (κ1) is 22.7. The van der Waals surface area contributed by atoms with E-state index in [1.807, 2.05) is 13.8 Å². The fourth-order valence-electron chi connectivity index (χ4n) is 2.40. The van der Waals surface area contributed by atoms with Gasteiger partial charge in [0.25, 0.3) is 0 Å². The first-order valence-corrected chi connectivity index (χ1v) is 9.34. The normalized spacial score (nSPS) is 11.2. The van der Waals surface area contributed by atoms with Crippen molar-refractivity contribution in [1.29, 1.82) is 0 Å². The SMILES string of the molecule is CNC(=O)Oc1cccc(-c2nc(Nc3ccnc(C(F)(F)F)c3)nc(NC(C)C)n2)n1. The Bertz CT molecular complexity index is 1110. The molecule has 13 heteroatoms. The Hall–Kier alpha value is -4.03. The molecule has 3 aromatic rings. The minimum Gasteiger partial charge on any atom is -0.391 e. The molecule has 0 aliphatic rings. The third-order valence-electron chi connectivity index (χ3n) is 3.71. The van der Waals surface area contributed by atoms with E-state index in [0.717, 1.165) is 12.3 Å². The number of pyridine rings is 2. The number of ether oxygens (including phenoxy) is 1. The minimum absolute atomic E-state index is 0.0130. The molecule has 3 heterocycles. The molecular formula is C19H19F3N8O2. The molecule has 168 valence electrons. The monoisotopic (exact) mass is 448 g/mol. The molecule has 0 radical (unpaired) electrons. The van der Waals surface area contributed by atoms with Crippen molar-refractivity contribution in [2.24, 2.45) is 0 Å². The van der Waals surface area contributed by atoms with Crippen molar-refractivity contribution in [2.75, 3.05) is 17.7 Å². The number of aromatic nitrogens is 5. The second-order valence-corrected chi connectivity index (χ2v) is 6.66. The first-order valence-electron chi connectivity index (χ1n) is 9.34. The molecule has 0 aliphatic heterocycles. The number of nitrogens with zero attached hydrogens (tertiary/aromatic N) is 5. The molecule has 3 rings (SSSR count). The Morgan fingerprint density at radius 2 is 1.81 bits per heavy atom. The zero-order valence-corrected chi connectivity index (χ0v) is 17.2. The predicted molar refractivity (Wildman–Crippen MR) is 109 cm³/mol. The maximum atomic E-state index is 13.0. The lowest BCUT2D eigenvalue weighted by Crippen LogP contribution is -2.22. The molecule has 0 bridgehead atoms. The molecule has 0 atom stereocenters. The minimum atomic E-state index is -4.60. The van der Waals surface area contributed by atoms with Crippen LogP contribution in [0, 0.1) is 0 Å². The van der Waals surface area contributed by atoms with Crippen LogP contribution in [0.5, 0.6) is 5.88 Å². The van der Waals surface area contributed by atoms with E-state index in [4.69, 9.17) is 4.74 Å². The Morgan fingerprint density at radius 1 is 1.06 bits per heavy atom. The van der Waals surface area contributed by atoms with Crippen molar-refractivity contribution in [3.63, 3.8) is 0 Å². The third kappa shape index (κ3) is 6.00. The van der Waals surface area contributed by atoms with Gasteiger partial charge >= 0.3 is 12.3 Å². The van der Waals surface area contributed by atoms with E-state index < -0.39 is 18.0 Å². The lowest BCUT2D eigenvalue weighted by Gasteiger charge is -2.13. The molecule has 0 fully saturated rings.